The van der Waals surface area contributed by atoms with Crippen molar-refractivity contribution in [3.8, 4) is 0 Å². The number of rotatable bonds is 6. The summed E-state index contributed by atoms with van der Waals surface area (Å²) in [6.07, 6.45) is 2.54. The highest BCUT2D eigenvalue weighted by Gasteiger charge is 2.20. The highest BCUT2D eigenvalue weighted by Crippen LogP contribution is 2.27. The second-order valence-corrected chi connectivity index (χ2v) is 4.14. The highest BCUT2D eigenvalue weighted by molar-refractivity contribution is 5.85. The van der Waals surface area contributed by atoms with Crippen molar-refractivity contribution >= 4 is 24.2 Å². The van der Waals surface area contributed by atoms with Crippen molar-refractivity contribution in [1.29, 1.82) is 0 Å². The van der Waals surface area contributed by atoms with Gasteiger partial charge in [-0.3, -0.25) is 9.59 Å². The summed E-state index contributed by atoms with van der Waals surface area (Å²) < 4.78 is 0. The molecule has 1 saturated carbocycles. The van der Waals surface area contributed by atoms with Gasteiger partial charge in [0.2, 0.25) is 11.8 Å². The lowest BCUT2D eigenvalue weighted by molar-refractivity contribution is -0.130. The third-order valence-corrected chi connectivity index (χ3v) is 2.35. The summed E-state index contributed by atoms with van der Waals surface area (Å²) in [4.78, 5) is 23.8. The van der Waals surface area contributed by atoms with E-state index in [0.29, 0.717) is 6.54 Å². The van der Waals surface area contributed by atoms with Gasteiger partial charge in [-0.05, 0) is 25.3 Å². The number of hydrogen-bond acceptors (Lipinski definition) is 3. The van der Waals surface area contributed by atoms with Crippen LogP contribution in [-0.4, -0.2) is 50.4 Å². The van der Waals surface area contributed by atoms with Gasteiger partial charge in [0.15, 0.2) is 0 Å². The fourth-order valence-corrected chi connectivity index (χ4v) is 1.11. The number of nitrogens with zero attached hydrogens (tertiary/aromatic N) is 1. The Morgan fingerprint density at radius 2 is 1.88 bits per heavy atom. The van der Waals surface area contributed by atoms with Gasteiger partial charge in [0.1, 0.15) is 0 Å². The van der Waals surface area contributed by atoms with E-state index in [0.717, 1.165) is 12.5 Å². The number of amides is 2. The van der Waals surface area contributed by atoms with E-state index in [-0.39, 0.29) is 30.8 Å². The molecular weight excluding hydrogens is 230 g/mol. The topological polar surface area (TPSA) is 61.4 Å². The Bertz CT molecular complexity index is 242. The minimum atomic E-state index is -0.120. The Morgan fingerprint density at radius 3 is 2.38 bits per heavy atom. The standard InChI is InChI=1S/C10H19N3O2.ClH/c1-13(2)10(15)7-12-9(14)6-11-5-8-3-4-8;/h8,11H,3-7H2,1-2H3,(H,12,14);1H. The lowest BCUT2D eigenvalue weighted by Crippen LogP contribution is -2.40. The second kappa shape index (κ2) is 7.46. The van der Waals surface area contributed by atoms with E-state index in [1.54, 1.807) is 14.1 Å². The van der Waals surface area contributed by atoms with Crippen LogP contribution in [-0.2, 0) is 9.59 Å². The number of halogens is 1. The molecular formula is C10H20ClN3O2. The molecule has 0 saturated heterocycles. The van der Waals surface area contributed by atoms with Crippen LogP contribution >= 0.6 is 12.4 Å². The van der Waals surface area contributed by atoms with Crippen molar-refractivity contribution in [3.63, 3.8) is 0 Å². The number of nitrogens with one attached hydrogen (secondary N) is 2. The van der Waals surface area contributed by atoms with Crippen LogP contribution in [0.2, 0.25) is 0 Å². The quantitative estimate of drug-likeness (QED) is 0.674. The fraction of sp³-hybridized carbons (Fsp3) is 0.800. The molecule has 0 spiro atoms. The molecule has 1 fully saturated rings. The lowest BCUT2D eigenvalue weighted by atomic mass is 10.4. The van der Waals surface area contributed by atoms with Gasteiger partial charge in [0, 0.05) is 14.1 Å². The Kier molecular flexibility index (Phi) is 7.08. The molecule has 0 aromatic heterocycles. The van der Waals surface area contributed by atoms with Gasteiger partial charge in [0.25, 0.3) is 0 Å². The average molecular weight is 250 g/mol. The third kappa shape index (κ3) is 6.63. The molecule has 16 heavy (non-hydrogen) atoms. The number of carbonyl (C=O) groups excluding carboxylic acids is 2. The first kappa shape index (κ1) is 15.2. The molecule has 0 heterocycles. The van der Waals surface area contributed by atoms with Crippen LogP contribution in [0, 0.1) is 5.92 Å². The first-order valence-corrected chi connectivity index (χ1v) is 5.27. The Balaban J connectivity index is 0.00000225. The molecule has 0 radical (unpaired) electrons. The summed E-state index contributed by atoms with van der Waals surface area (Å²) in [6.45, 7) is 1.29. The number of carbonyl (C=O) groups is 2. The van der Waals surface area contributed by atoms with Crippen molar-refractivity contribution in [2.45, 2.75) is 12.8 Å². The summed E-state index contributed by atoms with van der Waals surface area (Å²) >= 11 is 0. The monoisotopic (exact) mass is 249 g/mol. The summed E-state index contributed by atoms with van der Waals surface area (Å²) in [5.74, 6) is 0.553. The first-order chi connectivity index (χ1) is 7.09. The van der Waals surface area contributed by atoms with Crippen molar-refractivity contribution in [2.24, 2.45) is 5.92 Å². The summed E-state index contributed by atoms with van der Waals surface area (Å²) in [7, 11) is 3.33. The number of hydrogen-bond donors (Lipinski definition) is 2. The molecule has 0 aromatic rings. The minimum absolute atomic E-state index is 0. The van der Waals surface area contributed by atoms with Crippen LogP contribution in [0.4, 0.5) is 0 Å². The SMILES string of the molecule is CN(C)C(=O)CNC(=O)CNCC1CC1.Cl. The zero-order valence-corrected chi connectivity index (χ0v) is 10.6. The normalized spacial score (nSPS) is 13.9. The van der Waals surface area contributed by atoms with E-state index < -0.39 is 0 Å². The van der Waals surface area contributed by atoms with E-state index in [9.17, 15) is 9.59 Å². The van der Waals surface area contributed by atoms with E-state index in [2.05, 4.69) is 10.6 Å². The van der Waals surface area contributed by atoms with Crippen LogP contribution in [0.1, 0.15) is 12.8 Å². The Morgan fingerprint density at radius 1 is 1.25 bits per heavy atom. The molecule has 1 rings (SSSR count). The van der Waals surface area contributed by atoms with Gasteiger partial charge in [-0.1, -0.05) is 0 Å². The molecule has 6 heteroatoms. The first-order valence-electron chi connectivity index (χ1n) is 5.27. The molecule has 0 aromatic carbocycles. The lowest BCUT2D eigenvalue weighted by Gasteiger charge is -2.11. The van der Waals surface area contributed by atoms with E-state index in [4.69, 9.17) is 0 Å². The molecule has 0 aliphatic heterocycles. The van der Waals surface area contributed by atoms with Crippen LogP contribution in [0.5, 0.6) is 0 Å². The van der Waals surface area contributed by atoms with Crippen LogP contribution in [0.25, 0.3) is 0 Å². The maximum Gasteiger partial charge on any atom is 0.241 e. The highest BCUT2D eigenvalue weighted by atomic mass is 35.5. The van der Waals surface area contributed by atoms with Crippen LogP contribution in [0.15, 0.2) is 0 Å². The van der Waals surface area contributed by atoms with Gasteiger partial charge in [-0.2, -0.15) is 0 Å². The summed E-state index contributed by atoms with van der Waals surface area (Å²) in [5, 5.41) is 5.63. The molecule has 1 aliphatic rings. The van der Waals surface area contributed by atoms with E-state index in [1.807, 2.05) is 0 Å². The zero-order chi connectivity index (χ0) is 11.3. The molecule has 5 nitrogen and oxygen atoms in total. The van der Waals surface area contributed by atoms with Gasteiger partial charge >= 0.3 is 0 Å². The fourth-order valence-electron chi connectivity index (χ4n) is 1.11. The second-order valence-electron chi connectivity index (χ2n) is 4.14. The molecule has 0 bridgehead atoms. The molecule has 2 amide bonds. The minimum Gasteiger partial charge on any atom is -0.347 e. The van der Waals surface area contributed by atoms with E-state index in [1.165, 1.54) is 17.7 Å². The Hall–Kier alpha value is -0.810. The molecule has 1 aliphatic carbocycles. The van der Waals surface area contributed by atoms with E-state index >= 15 is 0 Å². The Labute approximate surface area is 102 Å². The summed E-state index contributed by atoms with van der Waals surface area (Å²) in [5.41, 5.74) is 0. The van der Waals surface area contributed by atoms with Crippen molar-refractivity contribution in [3.05, 3.63) is 0 Å². The van der Waals surface area contributed by atoms with Crippen molar-refractivity contribution in [1.82, 2.24) is 15.5 Å². The van der Waals surface area contributed by atoms with Crippen LogP contribution < -0.4 is 10.6 Å². The predicted molar refractivity (Wildman–Crippen MR) is 64.5 cm³/mol. The smallest absolute Gasteiger partial charge is 0.241 e. The zero-order valence-electron chi connectivity index (χ0n) is 9.78. The maximum absolute atomic E-state index is 11.2. The molecule has 2 N–H and O–H groups in total. The molecule has 0 atom stereocenters. The molecule has 94 valence electrons. The van der Waals surface area contributed by atoms with Crippen LogP contribution in [0.3, 0.4) is 0 Å². The van der Waals surface area contributed by atoms with Gasteiger partial charge in [-0.25, -0.2) is 0 Å². The third-order valence-electron chi connectivity index (χ3n) is 2.35. The van der Waals surface area contributed by atoms with Gasteiger partial charge < -0.3 is 15.5 Å². The maximum atomic E-state index is 11.2. The predicted octanol–water partition coefficient (Wildman–Crippen LogP) is -0.388. The van der Waals surface area contributed by atoms with Gasteiger partial charge in [0.05, 0.1) is 13.1 Å². The molecule has 0 unspecified atom stereocenters. The van der Waals surface area contributed by atoms with Crippen molar-refractivity contribution in [2.75, 3.05) is 33.7 Å². The number of likely N-dealkylation sites (N-methyl/N-ethyl adjacent to an activating group) is 1. The average Bonchev–Trinajstić information content (AvgIpc) is 2.97. The largest absolute Gasteiger partial charge is 0.347 e. The van der Waals surface area contributed by atoms with Gasteiger partial charge in [-0.15, -0.1) is 12.4 Å². The summed E-state index contributed by atoms with van der Waals surface area (Å²) in [6, 6.07) is 0. The van der Waals surface area contributed by atoms with Crippen molar-refractivity contribution < 1.29 is 9.59 Å².